The number of aromatic amines is 1. The third-order valence-electron chi connectivity index (χ3n) is 5.83. The number of nitrogens with one attached hydrogen (secondary N) is 3. The average molecular weight is 445 g/mol. The molecular formula is C21H22F3N7O. The van der Waals surface area contributed by atoms with Crippen LogP contribution in [-0.4, -0.2) is 58.1 Å². The Hall–Kier alpha value is -3.55. The summed E-state index contributed by atoms with van der Waals surface area (Å²) in [5.74, 6) is 1.16. The van der Waals surface area contributed by atoms with E-state index < -0.39 is 11.7 Å². The van der Waals surface area contributed by atoms with Crippen molar-refractivity contribution in [3.8, 4) is 17.3 Å². The van der Waals surface area contributed by atoms with E-state index in [9.17, 15) is 23.2 Å². The van der Waals surface area contributed by atoms with Crippen LogP contribution in [0.15, 0.2) is 18.0 Å². The van der Waals surface area contributed by atoms with Gasteiger partial charge in [-0.1, -0.05) is 0 Å². The van der Waals surface area contributed by atoms with Crippen molar-refractivity contribution < 1.29 is 18.0 Å². The number of fused-ring (bicyclic) bond motifs is 1. The van der Waals surface area contributed by atoms with Crippen LogP contribution in [0.2, 0.25) is 0 Å². The number of aromatic nitrogens is 3. The van der Waals surface area contributed by atoms with Gasteiger partial charge in [0.25, 0.3) is 0 Å². The fraction of sp³-hybridized carbons (Fsp3) is 0.429. The van der Waals surface area contributed by atoms with Crippen molar-refractivity contribution in [3.63, 3.8) is 0 Å². The van der Waals surface area contributed by atoms with Crippen LogP contribution in [0.5, 0.6) is 0 Å². The number of halogens is 3. The van der Waals surface area contributed by atoms with Crippen molar-refractivity contribution in [1.29, 1.82) is 5.26 Å². The van der Waals surface area contributed by atoms with Crippen LogP contribution in [-0.2, 0) is 4.79 Å². The maximum absolute atomic E-state index is 13.2. The summed E-state index contributed by atoms with van der Waals surface area (Å²) in [6.45, 7) is 3.24. The summed E-state index contributed by atoms with van der Waals surface area (Å²) in [6, 6.07) is 2.01. The molecule has 0 saturated carbocycles. The second kappa shape index (κ2) is 8.53. The van der Waals surface area contributed by atoms with Crippen molar-refractivity contribution in [2.75, 3.05) is 36.8 Å². The highest BCUT2D eigenvalue weighted by molar-refractivity contribution is 5.85. The summed E-state index contributed by atoms with van der Waals surface area (Å²) >= 11 is 0. The molecule has 32 heavy (non-hydrogen) atoms. The van der Waals surface area contributed by atoms with Gasteiger partial charge in [0.05, 0.1) is 23.0 Å². The standard InChI is InChI=1S/C21H22F3N7O/c1-12(32)31-4-2-13(3-5-31)8-28-20-29-9-14(7-25)18(30-20)17-11-27-19-16(17)6-15(10-26-19)21(22,23)24/h6,9,11,13,26-27H,2-5,8,10H2,1H3,(H,28,29,30). The van der Waals surface area contributed by atoms with Crippen molar-refractivity contribution in [2.24, 2.45) is 5.92 Å². The van der Waals surface area contributed by atoms with E-state index in [1.54, 1.807) is 6.92 Å². The van der Waals surface area contributed by atoms with Crippen molar-refractivity contribution in [2.45, 2.75) is 25.9 Å². The molecule has 0 unspecified atom stereocenters. The molecule has 2 aromatic rings. The van der Waals surface area contributed by atoms with E-state index in [2.05, 4.69) is 25.6 Å². The third-order valence-corrected chi connectivity index (χ3v) is 5.83. The molecule has 11 heteroatoms. The number of piperidine rings is 1. The zero-order valence-electron chi connectivity index (χ0n) is 17.4. The molecule has 0 atom stereocenters. The van der Waals surface area contributed by atoms with Crippen LogP contribution in [0, 0.1) is 17.2 Å². The molecule has 4 heterocycles. The van der Waals surface area contributed by atoms with Gasteiger partial charge in [0, 0.05) is 50.4 Å². The second-order valence-electron chi connectivity index (χ2n) is 7.91. The Balaban J connectivity index is 1.55. The van der Waals surface area contributed by atoms with Gasteiger partial charge in [0.15, 0.2) is 0 Å². The number of H-pyrrole nitrogens is 1. The summed E-state index contributed by atoms with van der Waals surface area (Å²) in [6.07, 6.45) is 1.25. The maximum Gasteiger partial charge on any atom is 0.414 e. The molecule has 168 valence electrons. The number of hydrogen-bond donors (Lipinski definition) is 3. The van der Waals surface area contributed by atoms with E-state index in [-0.39, 0.29) is 23.7 Å². The first kappa shape index (κ1) is 21.7. The number of nitriles is 1. The fourth-order valence-electron chi connectivity index (χ4n) is 3.96. The van der Waals surface area contributed by atoms with Gasteiger partial charge in [-0.25, -0.2) is 9.97 Å². The quantitative estimate of drug-likeness (QED) is 0.666. The Morgan fingerprint density at radius 3 is 2.78 bits per heavy atom. The minimum absolute atomic E-state index is 0.0727. The lowest BCUT2D eigenvalue weighted by atomic mass is 9.97. The SMILES string of the molecule is CC(=O)N1CCC(CNc2ncc(C#N)c(-c3c[nH]c4c3C=C(C(F)(F)F)CN4)n2)CC1. The molecule has 0 aromatic carbocycles. The lowest BCUT2D eigenvalue weighted by Crippen LogP contribution is -2.38. The van der Waals surface area contributed by atoms with Gasteiger partial charge in [-0.2, -0.15) is 18.4 Å². The maximum atomic E-state index is 13.2. The molecule has 2 aliphatic rings. The van der Waals surface area contributed by atoms with Crippen LogP contribution >= 0.6 is 0 Å². The van der Waals surface area contributed by atoms with Gasteiger partial charge in [0.1, 0.15) is 11.9 Å². The number of carbonyl (C=O) groups excluding carboxylic acids is 1. The molecule has 4 rings (SSSR count). The first-order valence-corrected chi connectivity index (χ1v) is 10.3. The monoisotopic (exact) mass is 445 g/mol. The summed E-state index contributed by atoms with van der Waals surface area (Å²) < 4.78 is 39.6. The molecule has 8 nitrogen and oxygen atoms in total. The van der Waals surface area contributed by atoms with Crippen molar-refractivity contribution in [1.82, 2.24) is 19.9 Å². The summed E-state index contributed by atoms with van der Waals surface area (Å²) in [7, 11) is 0. The van der Waals surface area contributed by atoms with E-state index >= 15 is 0 Å². The lowest BCUT2D eigenvalue weighted by Gasteiger charge is -2.31. The van der Waals surface area contributed by atoms with Crippen LogP contribution in [0.3, 0.4) is 0 Å². The van der Waals surface area contributed by atoms with Crippen LogP contribution in [0.4, 0.5) is 24.9 Å². The van der Waals surface area contributed by atoms with E-state index in [4.69, 9.17) is 0 Å². The molecule has 2 aromatic heterocycles. The molecule has 0 spiro atoms. The normalized spacial score (nSPS) is 16.6. The predicted octanol–water partition coefficient (Wildman–Crippen LogP) is 3.38. The number of likely N-dealkylation sites (tertiary alicyclic amines) is 1. The smallest absolute Gasteiger partial charge is 0.367 e. The first-order chi connectivity index (χ1) is 15.3. The highest BCUT2D eigenvalue weighted by Gasteiger charge is 2.36. The van der Waals surface area contributed by atoms with Gasteiger partial charge < -0.3 is 20.5 Å². The minimum atomic E-state index is -4.45. The Bertz CT molecular complexity index is 1090. The van der Waals surface area contributed by atoms with Crippen molar-refractivity contribution in [3.05, 3.63) is 29.1 Å². The van der Waals surface area contributed by atoms with Gasteiger partial charge >= 0.3 is 6.18 Å². The molecule has 0 radical (unpaired) electrons. The summed E-state index contributed by atoms with van der Waals surface area (Å²) in [4.78, 5) is 24.8. The fourth-order valence-corrected chi connectivity index (χ4v) is 3.96. The molecule has 2 aliphatic heterocycles. The predicted molar refractivity (Wildman–Crippen MR) is 113 cm³/mol. The third kappa shape index (κ3) is 4.39. The van der Waals surface area contributed by atoms with Crippen LogP contribution in [0.25, 0.3) is 17.3 Å². The van der Waals surface area contributed by atoms with Gasteiger partial charge in [0.2, 0.25) is 11.9 Å². The van der Waals surface area contributed by atoms with E-state index in [1.807, 2.05) is 11.0 Å². The number of nitrogens with zero attached hydrogens (tertiary/aromatic N) is 4. The Morgan fingerprint density at radius 2 is 2.12 bits per heavy atom. The number of hydrogen-bond acceptors (Lipinski definition) is 6. The van der Waals surface area contributed by atoms with Crippen LogP contribution < -0.4 is 10.6 Å². The molecular weight excluding hydrogens is 423 g/mol. The number of amides is 1. The van der Waals surface area contributed by atoms with E-state index in [0.717, 1.165) is 18.9 Å². The molecule has 3 N–H and O–H groups in total. The van der Waals surface area contributed by atoms with Crippen molar-refractivity contribution >= 4 is 23.7 Å². The molecule has 1 saturated heterocycles. The molecule has 0 aliphatic carbocycles. The molecule has 1 fully saturated rings. The van der Waals surface area contributed by atoms with Gasteiger partial charge in [-0.15, -0.1) is 0 Å². The number of alkyl halides is 3. The Kier molecular flexibility index (Phi) is 5.78. The highest BCUT2D eigenvalue weighted by atomic mass is 19.4. The topological polar surface area (TPSA) is 110 Å². The summed E-state index contributed by atoms with van der Waals surface area (Å²) in [5.41, 5.74) is 0.427. The second-order valence-corrected chi connectivity index (χ2v) is 7.91. The van der Waals surface area contributed by atoms with Crippen LogP contribution in [0.1, 0.15) is 30.9 Å². The zero-order valence-corrected chi connectivity index (χ0v) is 17.4. The lowest BCUT2D eigenvalue weighted by molar-refractivity contribution is -0.130. The zero-order chi connectivity index (χ0) is 22.9. The van der Waals surface area contributed by atoms with Gasteiger partial charge in [-0.05, 0) is 24.8 Å². The van der Waals surface area contributed by atoms with Gasteiger partial charge in [-0.3, -0.25) is 4.79 Å². The first-order valence-electron chi connectivity index (χ1n) is 10.3. The highest BCUT2D eigenvalue weighted by Crippen LogP contribution is 2.38. The molecule has 1 amide bonds. The number of carbonyl (C=O) groups is 1. The minimum Gasteiger partial charge on any atom is -0.367 e. The number of anilines is 2. The number of rotatable bonds is 4. The summed E-state index contributed by atoms with van der Waals surface area (Å²) in [5, 5.41) is 15.4. The molecule has 0 bridgehead atoms. The Labute approximate surface area is 182 Å². The Morgan fingerprint density at radius 1 is 1.38 bits per heavy atom. The average Bonchev–Trinajstić information content (AvgIpc) is 3.20. The van der Waals surface area contributed by atoms with E-state index in [0.29, 0.717) is 48.4 Å². The van der Waals surface area contributed by atoms with E-state index in [1.165, 1.54) is 12.4 Å². The largest absolute Gasteiger partial charge is 0.414 e.